The number of aliphatic hydroxyl groups is 2. The number of hydrogen-bond donors (Lipinski definition) is 2. The molecule has 0 radical (unpaired) electrons. The summed E-state index contributed by atoms with van der Waals surface area (Å²) >= 11 is 0. The summed E-state index contributed by atoms with van der Waals surface area (Å²) in [5.74, 6) is -0.637. The standard InChI is InChI=1S/C12H22O4.C2H6O2/c1-3-5-9-15-11(13)7-8-12(14)16-10-6-4-2;3-1-2-4/h3-10H2,1-2H3;3-4H,1-2H2. The van der Waals surface area contributed by atoms with Gasteiger partial charge in [0.15, 0.2) is 0 Å². The van der Waals surface area contributed by atoms with Crippen molar-refractivity contribution in [2.24, 2.45) is 0 Å². The fourth-order valence-electron chi connectivity index (χ4n) is 1.01. The Kier molecular flexibility index (Phi) is 18.9. The average molecular weight is 292 g/mol. The summed E-state index contributed by atoms with van der Waals surface area (Å²) in [4.78, 5) is 22.2. The molecule has 0 atom stereocenters. The second-order valence-corrected chi connectivity index (χ2v) is 4.10. The first-order valence-electron chi connectivity index (χ1n) is 7.15. The van der Waals surface area contributed by atoms with Crippen LogP contribution in [0.15, 0.2) is 0 Å². The second kappa shape index (κ2) is 17.9. The maximum atomic E-state index is 11.1. The lowest BCUT2D eigenvalue weighted by atomic mass is 10.3. The van der Waals surface area contributed by atoms with Crippen LogP contribution in [0.1, 0.15) is 52.4 Å². The number of hydrogen-bond acceptors (Lipinski definition) is 6. The molecule has 0 aromatic carbocycles. The van der Waals surface area contributed by atoms with E-state index in [1.807, 2.05) is 13.8 Å². The molecular formula is C14H28O6. The Balaban J connectivity index is 0. The zero-order valence-corrected chi connectivity index (χ0v) is 12.6. The summed E-state index contributed by atoms with van der Waals surface area (Å²) in [7, 11) is 0. The Bertz CT molecular complexity index is 206. The Labute approximate surface area is 121 Å². The molecule has 0 rings (SSSR count). The number of carbonyl (C=O) groups excluding carboxylic acids is 2. The highest BCUT2D eigenvalue weighted by Gasteiger charge is 2.08. The van der Waals surface area contributed by atoms with Crippen LogP contribution in [0.25, 0.3) is 0 Å². The van der Waals surface area contributed by atoms with Crippen LogP contribution < -0.4 is 0 Å². The molecule has 0 unspecified atom stereocenters. The molecule has 0 bridgehead atoms. The maximum Gasteiger partial charge on any atom is 0.306 e. The second-order valence-electron chi connectivity index (χ2n) is 4.10. The van der Waals surface area contributed by atoms with Crippen molar-refractivity contribution in [2.45, 2.75) is 52.4 Å². The molecule has 0 saturated carbocycles. The normalized spacial score (nSPS) is 9.40. The highest BCUT2D eigenvalue weighted by atomic mass is 16.5. The van der Waals surface area contributed by atoms with Crippen molar-refractivity contribution in [1.29, 1.82) is 0 Å². The summed E-state index contributed by atoms with van der Waals surface area (Å²) in [6, 6.07) is 0. The van der Waals surface area contributed by atoms with Crippen LogP contribution >= 0.6 is 0 Å². The Morgan fingerprint density at radius 1 is 0.800 bits per heavy atom. The van der Waals surface area contributed by atoms with Crippen LogP contribution in [0.5, 0.6) is 0 Å². The highest BCUT2D eigenvalue weighted by molar-refractivity contribution is 5.77. The lowest BCUT2D eigenvalue weighted by molar-refractivity contribution is -0.150. The highest BCUT2D eigenvalue weighted by Crippen LogP contribution is 1.99. The molecule has 0 aliphatic heterocycles. The van der Waals surface area contributed by atoms with Crippen LogP contribution in [-0.2, 0) is 19.1 Å². The van der Waals surface area contributed by atoms with Crippen molar-refractivity contribution >= 4 is 11.9 Å². The van der Waals surface area contributed by atoms with Crippen molar-refractivity contribution in [3.63, 3.8) is 0 Å². The summed E-state index contributed by atoms with van der Waals surface area (Å²) in [5.41, 5.74) is 0. The minimum atomic E-state index is -0.319. The van der Waals surface area contributed by atoms with Crippen molar-refractivity contribution in [3.8, 4) is 0 Å². The Morgan fingerprint density at radius 3 is 1.40 bits per heavy atom. The van der Waals surface area contributed by atoms with Gasteiger partial charge >= 0.3 is 11.9 Å². The molecule has 20 heavy (non-hydrogen) atoms. The predicted octanol–water partition coefficient (Wildman–Crippen LogP) is 1.42. The first-order chi connectivity index (χ1) is 9.62. The van der Waals surface area contributed by atoms with Crippen LogP contribution in [0.2, 0.25) is 0 Å². The molecule has 0 aromatic heterocycles. The molecule has 0 fully saturated rings. The molecule has 0 aliphatic rings. The van der Waals surface area contributed by atoms with E-state index in [0.29, 0.717) is 13.2 Å². The molecule has 120 valence electrons. The third kappa shape index (κ3) is 19.2. The van der Waals surface area contributed by atoms with Gasteiger partial charge in [-0.1, -0.05) is 26.7 Å². The first kappa shape index (κ1) is 21.2. The molecular weight excluding hydrogens is 264 g/mol. The van der Waals surface area contributed by atoms with Gasteiger partial charge in [-0.25, -0.2) is 0 Å². The zero-order valence-electron chi connectivity index (χ0n) is 12.6. The van der Waals surface area contributed by atoms with Crippen LogP contribution in [0.3, 0.4) is 0 Å². The molecule has 0 saturated heterocycles. The van der Waals surface area contributed by atoms with E-state index in [2.05, 4.69) is 0 Å². The van der Waals surface area contributed by atoms with E-state index in [9.17, 15) is 9.59 Å². The molecule has 6 nitrogen and oxygen atoms in total. The van der Waals surface area contributed by atoms with Crippen molar-refractivity contribution in [3.05, 3.63) is 0 Å². The lowest BCUT2D eigenvalue weighted by Crippen LogP contribution is -2.11. The molecule has 6 heteroatoms. The molecule has 0 spiro atoms. The monoisotopic (exact) mass is 292 g/mol. The van der Waals surface area contributed by atoms with E-state index >= 15 is 0 Å². The molecule has 0 heterocycles. The van der Waals surface area contributed by atoms with E-state index in [-0.39, 0.29) is 38.0 Å². The van der Waals surface area contributed by atoms with Gasteiger partial charge in [0.2, 0.25) is 0 Å². The fraction of sp³-hybridized carbons (Fsp3) is 0.857. The smallest absolute Gasteiger partial charge is 0.306 e. The van der Waals surface area contributed by atoms with Crippen LogP contribution in [0.4, 0.5) is 0 Å². The first-order valence-corrected chi connectivity index (χ1v) is 7.15. The topological polar surface area (TPSA) is 93.1 Å². The zero-order chi connectivity index (χ0) is 15.6. The molecule has 0 aromatic rings. The minimum absolute atomic E-state index is 0.120. The summed E-state index contributed by atoms with van der Waals surface area (Å²) in [5, 5.41) is 15.2. The quantitative estimate of drug-likeness (QED) is 0.467. The van der Waals surface area contributed by atoms with E-state index in [4.69, 9.17) is 19.7 Å². The molecule has 2 N–H and O–H groups in total. The fourth-order valence-corrected chi connectivity index (χ4v) is 1.01. The van der Waals surface area contributed by atoms with Crippen LogP contribution in [0, 0.1) is 0 Å². The van der Waals surface area contributed by atoms with Gasteiger partial charge in [0.25, 0.3) is 0 Å². The summed E-state index contributed by atoms with van der Waals surface area (Å²) in [6.07, 6.45) is 3.96. The van der Waals surface area contributed by atoms with Gasteiger partial charge in [0.1, 0.15) is 0 Å². The number of unbranched alkanes of at least 4 members (excludes halogenated alkanes) is 2. The summed E-state index contributed by atoms with van der Waals surface area (Å²) < 4.78 is 9.82. The van der Waals surface area contributed by atoms with Gasteiger partial charge in [-0.05, 0) is 12.8 Å². The number of ether oxygens (including phenoxy) is 2. The summed E-state index contributed by atoms with van der Waals surface area (Å²) in [6.45, 7) is 4.69. The van der Waals surface area contributed by atoms with Gasteiger partial charge in [-0.15, -0.1) is 0 Å². The SMILES string of the molecule is CCCCOC(=O)CCC(=O)OCCCC.OCCO. The van der Waals surface area contributed by atoms with Gasteiger partial charge in [-0.3, -0.25) is 9.59 Å². The third-order valence-corrected chi connectivity index (χ3v) is 2.16. The van der Waals surface area contributed by atoms with Crippen LogP contribution in [-0.4, -0.2) is 48.6 Å². The van der Waals surface area contributed by atoms with E-state index in [0.717, 1.165) is 25.7 Å². The third-order valence-electron chi connectivity index (χ3n) is 2.16. The number of aliphatic hydroxyl groups excluding tert-OH is 2. The largest absolute Gasteiger partial charge is 0.466 e. The predicted molar refractivity (Wildman–Crippen MR) is 75.1 cm³/mol. The van der Waals surface area contributed by atoms with Gasteiger partial charge < -0.3 is 19.7 Å². The molecule has 0 amide bonds. The number of carbonyl (C=O) groups is 2. The van der Waals surface area contributed by atoms with E-state index in [1.54, 1.807) is 0 Å². The number of rotatable bonds is 10. The minimum Gasteiger partial charge on any atom is -0.466 e. The average Bonchev–Trinajstić information content (AvgIpc) is 2.46. The van der Waals surface area contributed by atoms with E-state index in [1.165, 1.54) is 0 Å². The number of esters is 2. The maximum absolute atomic E-state index is 11.1. The van der Waals surface area contributed by atoms with E-state index < -0.39 is 0 Å². The van der Waals surface area contributed by atoms with Gasteiger partial charge in [0, 0.05) is 0 Å². The Hall–Kier alpha value is -1.14. The van der Waals surface area contributed by atoms with Gasteiger partial charge in [-0.2, -0.15) is 0 Å². The lowest BCUT2D eigenvalue weighted by Gasteiger charge is -2.04. The molecule has 0 aliphatic carbocycles. The van der Waals surface area contributed by atoms with Crippen molar-refractivity contribution < 1.29 is 29.3 Å². The Morgan fingerprint density at radius 2 is 1.15 bits per heavy atom. The van der Waals surface area contributed by atoms with Crippen molar-refractivity contribution in [2.75, 3.05) is 26.4 Å². The van der Waals surface area contributed by atoms with Gasteiger partial charge in [0.05, 0.1) is 39.3 Å². The van der Waals surface area contributed by atoms with Crippen molar-refractivity contribution in [1.82, 2.24) is 0 Å².